The van der Waals surface area contributed by atoms with Crippen LogP contribution in [0.5, 0.6) is 0 Å². The molecule has 4 nitrogen and oxygen atoms in total. The van der Waals surface area contributed by atoms with E-state index < -0.39 is 0 Å². The number of carbonyl (C=O) groups excluding carboxylic acids is 1. The Labute approximate surface area is 98.6 Å². The normalized spacial score (nSPS) is 22.8. The lowest BCUT2D eigenvalue weighted by molar-refractivity contribution is -0.122. The third kappa shape index (κ3) is 4.94. The van der Waals surface area contributed by atoms with E-state index >= 15 is 0 Å². The van der Waals surface area contributed by atoms with Gasteiger partial charge in [0.2, 0.25) is 5.91 Å². The first-order valence-corrected chi connectivity index (χ1v) is 6.48. The van der Waals surface area contributed by atoms with Crippen molar-refractivity contribution in [2.75, 3.05) is 19.6 Å². The quantitative estimate of drug-likeness (QED) is 0.624. The van der Waals surface area contributed by atoms with Gasteiger partial charge in [0, 0.05) is 19.1 Å². The van der Waals surface area contributed by atoms with Crippen LogP contribution in [0.3, 0.4) is 0 Å². The van der Waals surface area contributed by atoms with Crippen molar-refractivity contribution in [3.63, 3.8) is 0 Å². The number of piperidine rings is 1. The molecule has 1 saturated heterocycles. The van der Waals surface area contributed by atoms with Gasteiger partial charge in [-0.2, -0.15) is 0 Å². The van der Waals surface area contributed by atoms with Gasteiger partial charge in [-0.1, -0.05) is 13.3 Å². The molecule has 16 heavy (non-hydrogen) atoms. The molecular formula is C12H25N3O. The smallest absolute Gasteiger partial charge is 0.236 e. The predicted molar refractivity (Wildman–Crippen MR) is 66.4 cm³/mol. The molecule has 94 valence electrons. The largest absolute Gasteiger partial charge is 0.355 e. The van der Waals surface area contributed by atoms with Crippen LogP contribution < -0.4 is 16.0 Å². The zero-order valence-electron chi connectivity index (χ0n) is 10.5. The maximum atomic E-state index is 11.6. The lowest BCUT2D eigenvalue weighted by Crippen LogP contribution is -2.48. The first kappa shape index (κ1) is 13.5. The molecule has 0 saturated carbocycles. The summed E-state index contributed by atoms with van der Waals surface area (Å²) in [4.78, 5) is 11.6. The molecule has 4 heteroatoms. The van der Waals surface area contributed by atoms with Gasteiger partial charge in [-0.25, -0.2) is 0 Å². The fourth-order valence-electron chi connectivity index (χ4n) is 1.91. The summed E-state index contributed by atoms with van der Waals surface area (Å²) >= 11 is 0. The van der Waals surface area contributed by atoms with Crippen molar-refractivity contribution in [1.82, 2.24) is 16.0 Å². The second-order valence-electron chi connectivity index (χ2n) is 4.57. The van der Waals surface area contributed by atoms with Crippen molar-refractivity contribution in [2.45, 2.75) is 51.6 Å². The van der Waals surface area contributed by atoms with E-state index in [4.69, 9.17) is 0 Å². The van der Waals surface area contributed by atoms with Crippen molar-refractivity contribution in [3.8, 4) is 0 Å². The highest BCUT2D eigenvalue weighted by Crippen LogP contribution is 2.05. The Morgan fingerprint density at radius 1 is 1.50 bits per heavy atom. The van der Waals surface area contributed by atoms with E-state index in [0.29, 0.717) is 6.04 Å². The standard InChI is InChI=1S/C12H25N3O/c1-3-7-14-12(16)10(2)15-9-11-6-4-5-8-13-11/h10-11,13,15H,3-9H2,1-2H3,(H,14,16). The van der Waals surface area contributed by atoms with E-state index in [1.165, 1.54) is 19.3 Å². The summed E-state index contributed by atoms with van der Waals surface area (Å²) < 4.78 is 0. The first-order valence-electron chi connectivity index (χ1n) is 6.48. The van der Waals surface area contributed by atoms with Crippen LogP contribution in [0.25, 0.3) is 0 Å². The minimum Gasteiger partial charge on any atom is -0.355 e. The Morgan fingerprint density at radius 2 is 2.31 bits per heavy atom. The van der Waals surface area contributed by atoms with Gasteiger partial charge in [-0.15, -0.1) is 0 Å². The van der Waals surface area contributed by atoms with Gasteiger partial charge in [0.15, 0.2) is 0 Å². The second-order valence-corrected chi connectivity index (χ2v) is 4.57. The maximum absolute atomic E-state index is 11.6. The molecule has 0 aromatic rings. The van der Waals surface area contributed by atoms with E-state index in [0.717, 1.165) is 26.1 Å². The van der Waals surface area contributed by atoms with Crippen molar-refractivity contribution in [3.05, 3.63) is 0 Å². The molecule has 0 radical (unpaired) electrons. The molecule has 0 spiro atoms. The third-order valence-corrected chi connectivity index (χ3v) is 3.03. The van der Waals surface area contributed by atoms with Crippen LogP contribution in [-0.2, 0) is 4.79 Å². The number of amides is 1. The van der Waals surface area contributed by atoms with E-state index in [-0.39, 0.29) is 11.9 Å². The minimum absolute atomic E-state index is 0.0877. The highest BCUT2D eigenvalue weighted by atomic mass is 16.2. The summed E-state index contributed by atoms with van der Waals surface area (Å²) in [6.45, 7) is 6.76. The number of carbonyl (C=O) groups is 1. The van der Waals surface area contributed by atoms with Crippen LogP contribution in [-0.4, -0.2) is 37.6 Å². The van der Waals surface area contributed by atoms with Crippen LogP contribution in [0.15, 0.2) is 0 Å². The minimum atomic E-state index is -0.0877. The van der Waals surface area contributed by atoms with Gasteiger partial charge in [0.1, 0.15) is 0 Å². The Hall–Kier alpha value is -0.610. The molecular weight excluding hydrogens is 202 g/mol. The molecule has 0 aliphatic carbocycles. The molecule has 1 aliphatic rings. The number of rotatable bonds is 6. The molecule has 2 unspecified atom stereocenters. The topological polar surface area (TPSA) is 53.2 Å². The van der Waals surface area contributed by atoms with Gasteiger partial charge in [-0.05, 0) is 32.7 Å². The summed E-state index contributed by atoms with van der Waals surface area (Å²) in [6, 6.07) is 0.449. The van der Waals surface area contributed by atoms with Crippen LogP contribution in [0, 0.1) is 0 Å². The molecule has 1 aliphatic heterocycles. The van der Waals surface area contributed by atoms with Crippen LogP contribution >= 0.6 is 0 Å². The second kappa shape index (κ2) is 7.63. The van der Waals surface area contributed by atoms with Gasteiger partial charge in [-0.3, -0.25) is 4.79 Å². The number of hydrogen-bond donors (Lipinski definition) is 3. The Morgan fingerprint density at radius 3 is 2.94 bits per heavy atom. The summed E-state index contributed by atoms with van der Waals surface area (Å²) in [5.41, 5.74) is 0. The number of nitrogens with one attached hydrogen (secondary N) is 3. The lowest BCUT2D eigenvalue weighted by Gasteiger charge is -2.25. The molecule has 0 aromatic heterocycles. The highest BCUT2D eigenvalue weighted by molar-refractivity contribution is 5.81. The van der Waals surface area contributed by atoms with Crippen molar-refractivity contribution >= 4 is 5.91 Å². The van der Waals surface area contributed by atoms with Crippen molar-refractivity contribution in [2.24, 2.45) is 0 Å². The van der Waals surface area contributed by atoms with Gasteiger partial charge < -0.3 is 16.0 Å². The molecule has 1 amide bonds. The molecule has 1 heterocycles. The molecule has 1 rings (SSSR count). The molecule has 2 atom stereocenters. The van der Waals surface area contributed by atoms with E-state index in [1.807, 2.05) is 6.92 Å². The molecule has 0 aromatic carbocycles. The van der Waals surface area contributed by atoms with Crippen LogP contribution in [0.4, 0.5) is 0 Å². The van der Waals surface area contributed by atoms with Crippen molar-refractivity contribution in [1.29, 1.82) is 0 Å². The predicted octanol–water partition coefficient (Wildman–Crippen LogP) is 0.633. The summed E-state index contributed by atoms with van der Waals surface area (Å²) in [7, 11) is 0. The summed E-state index contributed by atoms with van der Waals surface area (Å²) in [6.07, 6.45) is 4.79. The zero-order valence-corrected chi connectivity index (χ0v) is 10.5. The van der Waals surface area contributed by atoms with E-state index in [2.05, 4.69) is 22.9 Å². The highest BCUT2D eigenvalue weighted by Gasteiger charge is 2.16. The van der Waals surface area contributed by atoms with Crippen molar-refractivity contribution < 1.29 is 4.79 Å². The molecule has 1 fully saturated rings. The fourth-order valence-corrected chi connectivity index (χ4v) is 1.91. The fraction of sp³-hybridized carbons (Fsp3) is 0.917. The van der Waals surface area contributed by atoms with Gasteiger partial charge >= 0.3 is 0 Å². The average Bonchev–Trinajstić information content (AvgIpc) is 2.34. The first-order chi connectivity index (χ1) is 7.74. The zero-order chi connectivity index (χ0) is 11.8. The Balaban J connectivity index is 2.12. The van der Waals surface area contributed by atoms with Gasteiger partial charge in [0.25, 0.3) is 0 Å². The van der Waals surface area contributed by atoms with Gasteiger partial charge in [0.05, 0.1) is 6.04 Å². The number of hydrogen-bond acceptors (Lipinski definition) is 3. The van der Waals surface area contributed by atoms with Crippen LogP contribution in [0.2, 0.25) is 0 Å². The lowest BCUT2D eigenvalue weighted by atomic mass is 10.0. The average molecular weight is 227 g/mol. The van der Waals surface area contributed by atoms with E-state index in [1.54, 1.807) is 0 Å². The molecule has 3 N–H and O–H groups in total. The maximum Gasteiger partial charge on any atom is 0.236 e. The Kier molecular flexibility index (Phi) is 6.42. The van der Waals surface area contributed by atoms with E-state index in [9.17, 15) is 4.79 Å². The molecule has 0 bridgehead atoms. The SMILES string of the molecule is CCCNC(=O)C(C)NCC1CCCCN1. The van der Waals surface area contributed by atoms with Crippen LogP contribution in [0.1, 0.15) is 39.5 Å². The summed E-state index contributed by atoms with van der Waals surface area (Å²) in [5, 5.41) is 9.65. The monoisotopic (exact) mass is 227 g/mol. The Bertz CT molecular complexity index is 202. The summed E-state index contributed by atoms with van der Waals surface area (Å²) in [5.74, 6) is 0.109. The third-order valence-electron chi connectivity index (χ3n) is 3.03.